The van der Waals surface area contributed by atoms with Crippen molar-refractivity contribution in [1.29, 1.82) is 0 Å². The number of hydrogen-bond acceptors (Lipinski definition) is 6. The summed E-state index contributed by atoms with van der Waals surface area (Å²) in [6.07, 6.45) is 1.90. The summed E-state index contributed by atoms with van der Waals surface area (Å²) < 4.78 is 7.88. The summed E-state index contributed by atoms with van der Waals surface area (Å²) >= 11 is 0. The predicted molar refractivity (Wildman–Crippen MR) is 131 cm³/mol. The zero-order chi connectivity index (χ0) is 24.4. The van der Waals surface area contributed by atoms with Crippen LogP contribution in [-0.2, 0) is 4.74 Å². The van der Waals surface area contributed by atoms with E-state index in [-0.39, 0.29) is 48.4 Å². The van der Waals surface area contributed by atoms with Crippen LogP contribution in [0.5, 0.6) is 0 Å². The van der Waals surface area contributed by atoms with Gasteiger partial charge >= 0.3 is 0 Å². The second kappa shape index (κ2) is 9.65. The Balaban J connectivity index is 1.53. The van der Waals surface area contributed by atoms with Crippen LogP contribution in [0, 0.1) is 5.92 Å². The van der Waals surface area contributed by atoms with E-state index in [4.69, 9.17) is 4.74 Å². The Kier molecular flexibility index (Phi) is 6.26. The van der Waals surface area contributed by atoms with Crippen LogP contribution >= 0.6 is 0 Å². The molecule has 178 valence electrons. The van der Waals surface area contributed by atoms with E-state index in [1.165, 1.54) is 0 Å². The molecule has 3 atom stereocenters. The fraction of sp³-hybridized carbons (Fsp3) is 0.231. The summed E-state index contributed by atoms with van der Waals surface area (Å²) in [6.45, 7) is 1.96. The van der Waals surface area contributed by atoms with Crippen molar-refractivity contribution >= 4 is 34.6 Å². The highest BCUT2D eigenvalue weighted by Gasteiger charge is 2.33. The van der Waals surface area contributed by atoms with Gasteiger partial charge in [-0.2, -0.15) is 9.97 Å². The molecule has 0 spiro atoms. The van der Waals surface area contributed by atoms with Crippen molar-refractivity contribution in [2.24, 2.45) is 5.92 Å². The minimum atomic E-state index is -0.366. The average Bonchev–Trinajstić information content (AvgIpc) is 3.48. The lowest BCUT2D eigenvalue weighted by molar-refractivity contribution is -0.0275. The molecule has 2 aromatic carbocycles. The fourth-order valence-corrected chi connectivity index (χ4v) is 4.21. The molecule has 0 bridgehead atoms. The summed E-state index contributed by atoms with van der Waals surface area (Å²) in [5.41, 5.74) is 1.44. The van der Waals surface area contributed by atoms with E-state index in [1.807, 2.05) is 29.8 Å². The molecule has 5 rings (SSSR count). The van der Waals surface area contributed by atoms with E-state index in [0.717, 1.165) is 0 Å². The number of anilines is 2. The lowest BCUT2D eigenvalue weighted by Crippen LogP contribution is -2.19. The zero-order valence-electron chi connectivity index (χ0n) is 19.1. The van der Waals surface area contributed by atoms with Crippen molar-refractivity contribution in [1.82, 2.24) is 14.5 Å². The summed E-state index contributed by atoms with van der Waals surface area (Å²) in [7, 11) is 0. The van der Waals surface area contributed by atoms with Gasteiger partial charge in [-0.05, 0) is 42.7 Å². The maximum absolute atomic E-state index is 12.9. The zero-order valence-corrected chi connectivity index (χ0v) is 19.1. The smallest absolute Gasteiger partial charge is 0.258 e. The van der Waals surface area contributed by atoms with Gasteiger partial charge in [-0.15, -0.1) is 0 Å². The molecule has 9 nitrogen and oxygen atoms in total. The molecule has 9 heteroatoms. The molecule has 35 heavy (non-hydrogen) atoms. The number of aliphatic hydroxyl groups excluding tert-OH is 1. The lowest BCUT2D eigenvalue weighted by atomic mass is 10.0. The first-order valence-corrected chi connectivity index (χ1v) is 11.4. The van der Waals surface area contributed by atoms with E-state index in [1.54, 1.807) is 54.6 Å². The number of nitrogens with zero attached hydrogens (tertiary/aromatic N) is 3. The van der Waals surface area contributed by atoms with Crippen molar-refractivity contribution < 1.29 is 19.4 Å². The normalized spacial score (nSPS) is 19.5. The summed E-state index contributed by atoms with van der Waals surface area (Å²) in [6, 6.07) is 19.4. The van der Waals surface area contributed by atoms with Crippen molar-refractivity contribution in [3.05, 3.63) is 84.1 Å². The number of amides is 2. The molecule has 0 aliphatic carbocycles. The summed E-state index contributed by atoms with van der Waals surface area (Å²) in [5, 5.41) is 15.8. The van der Waals surface area contributed by atoms with Crippen molar-refractivity contribution in [2.45, 2.75) is 25.7 Å². The second-order valence-electron chi connectivity index (χ2n) is 8.52. The summed E-state index contributed by atoms with van der Waals surface area (Å²) in [4.78, 5) is 34.7. The largest absolute Gasteiger partial charge is 0.394 e. The van der Waals surface area contributed by atoms with Gasteiger partial charge in [-0.25, -0.2) is 0 Å². The molecule has 0 radical (unpaired) electrons. The quantitative estimate of drug-likeness (QED) is 0.393. The third kappa shape index (κ3) is 4.64. The van der Waals surface area contributed by atoms with Crippen LogP contribution in [0.4, 0.5) is 11.8 Å². The maximum Gasteiger partial charge on any atom is 0.258 e. The minimum absolute atomic E-state index is 0.0550. The van der Waals surface area contributed by atoms with Crippen molar-refractivity contribution in [2.75, 3.05) is 17.2 Å². The molecular formula is C26H25N5O4. The highest BCUT2D eigenvalue weighted by Crippen LogP contribution is 2.36. The number of ether oxygens (including phenoxy) is 1. The number of hydrogen-bond donors (Lipinski definition) is 3. The van der Waals surface area contributed by atoms with Crippen LogP contribution in [0.25, 0.3) is 11.0 Å². The predicted octanol–water partition coefficient (Wildman–Crippen LogP) is 3.85. The number of aromatic nitrogens is 3. The van der Waals surface area contributed by atoms with Gasteiger partial charge in [-0.3, -0.25) is 14.9 Å². The third-order valence-electron chi connectivity index (χ3n) is 6.13. The van der Waals surface area contributed by atoms with Gasteiger partial charge in [0, 0.05) is 17.3 Å². The van der Waals surface area contributed by atoms with Gasteiger partial charge in [0.2, 0.25) is 5.95 Å². The Morgan fingerprint density at radius 1 is 0.971 bits per heavy atom. The van der Waals surface area contributed by atoms with Gasteiger partial charge < -0.3 is 19.7 Å². The average molecular weight is 472 g/mol. The first-order chi connectivity index (χ1) is 17.0. The first-order valence-electron chi connectivity index (χ1n) is 11.4. The molecule has 1 aliphatic rings. The molecular weight excluding hydrogens is 446 g/mol. The highest BCUT2D eigenvalue weighted by atomic mass is 16.5. The van der Waals surface area contributed by atoms with Gasteiger partial charge in [0.05, 0.1) is 18.1 Å². The van der Waals surface area contributed by atoms with E-state index in [9.17, 15) is 14.7 Å². The molecule has 0 unspecified atom stereocenters. The van der Waals surface area contributed by atoms with Crippen LogP contribution in [-0.4, -0.2) is 44.2 Å². The number of aliphatic hydroxyl groups is 1. The van der Waals surface area contributed by atoms with Crippen molar-refractivity contribution in [3.63, 3.8) is 0 Å². The Hall–Kier alpha value is -4.08. The molecule has 1 fully saturated rings. The van der Waals surface area contributed by atoms with Crippen LogP contribution in [0.2, 0.25) is 0 Å². The highest BCUT2D eigenvalue weighted by molar-refractivity contribution is 6.08. The van der Waals surface area contributed by atoms with Crippen LogP contribution in [0.1, 0.15) is 40.3 Å². The maximum atomic E-state index is 12.9. The molecule has 4 aromatic rings. The van der Waals surface area contributed by atoms with Gasteiger partial charge in [-0.1, -0.05) is 43.3 Å². The standard InChI is InChI=1S/C26H25N5O4/c1-16-14-21(35-20(16)15-32)31-13-12-19-22(27-24(33)17-8-4-2-5-9-17)28-26(29-23(19)31)30-25(34)18-10-6-3-7-11-18/h2-13,16,20-21,32H,14-15H2,1H3,(H2,27,28,29,30,33,34)/t16-,20+,21+/m0/s1. The Morgan fingerprint density at radius 2 is 1.60 bits per heavy atom. The second-order valence-corrected chi connectivity index (χ2v) is 8.52. The molecule has 3 N–H and O–H groups in total. The van der Waals surface area contributed by atoms with Gasteiger partial charge in [0.25, 0.3) is 11.8 Å². The number of carbonyl (C=O) groups excluding carboxylic acids is 2. The molecule has 2 aromatic heterocycles. The molecule has 3 heterocycles. The Bertz CT molecular complexity index is 1360. The Morgan fingerprint density at radius 3 is 2.20 bits per heavy atom. The molecule has 1 saturated heterocycles. The number of nitrogens with one attached hydrogen (secondary N) is 2. The van der Waals surface area contributed by atoms with E-state index in [0.29, 0.717) is 28.6 Å². The van der Waals surface area contributed by atoms with Gasteiger partial charge in [0.15, 0.2) is 0 Å². The number of rotatable bonds is 6. The fourth-order valence-electron chi connectivity index (χ4n) is 4.21. The van der Waals surface area contributed by atoms with Crippen LogP contribution < -0.4 is 10.6 Å². The third-order valence-corrected chi connectivity index (χ3v) is 6.13. The molecule has 1 aliphatic heterocycles. The van der Waals surface area contributed by atoms with E-state index in [2.05, 4.69) is 20.6 Å². The minimum Gasteiger partial charge on any atom is -0.394 e. The number of carbonyl (C=O) groups is 2. The molecule has 2 amide bonds. The number of benzene rings is 2. The van der Waals surface area contributed by atoms with Gasteiger partial charge in [0.1, 0.15) is 17.7 Å². The SMILES string of the molecule is C[C@H]1C[C@H](n2ccc3c(NC(=O)c4ccccc4)nc(NC(=O)c4ccccc4)nc32)O[C@@H]1CO. The van der Waals surface area contributed by atoms with Crippen molar-refractivity contribution in [3.8, 4) is 0 Å². The lowest BCUT2D eigenvalue weighted by Gasteiger charge is -2.16. The van der Waals surface area contributed by atoms with Crippen LogP contribution in [0.15, 0.2) is 72.9 Å². The van der Waals surface area contributed by atoms with Crippen LogP contribution in [0.3, 0.4) is 0 Å². The molecule has 0 saturated carbocycles. The monoisotopic (exact) mass is 471 g/mol. The van der Waals surface area contributed by atoms with E-state index >= 15 is 0 Å². The first kappa shape index (κ1) is 22.7. The number of fused-ring (bicyclic) bond motifs is 1. The van der Waals surface area contributed by atoms with E-state index < -0.39 is 0 Å². The summed E-state index contributed by atoms with van der Waals surface area (Å²) in [5.74, 6) is -0.201. The Labute approximate surface area is 201 Å². The topological polar surface area (TPSA) is 118 Å².